The quantitative estimate of drug-likeness (QED) is 0.499. The van der Waals surface area contributed by atoms with E-state index in [2.05, 4.69) is 43.8 Å². The van der Waals surface area contributed by atoms with Gasteiger partial charge in [-0.25, -0.2) is 14.5 Å². The number of imidazole rings is 1. The van der Waals surface area contributed by atoms with Crippen LogP contribution in [0.2, 0.25) is 0 Å². The first-order chi connectivity index (χ1) is 17.1. The second-order valence-electron chi connectivity index (χ2n) is 9.09. The van der Waals surface area contributed by atoms with Crippen LogP contribution in [0.5, 0.6) is 0 Å². The summed E-state index contributed by atoms with van der Waals surface area (Å²) in [4.78, 5) is 27.6. The number of benzene rings is 1. The van der Waals surface area contributed by atoms with Crippen molar-refractivity contribution < 1.29 is 9.90 Å². The van der Waals surface area contributed by atoms with Crippen molar-refractivity contribution in [1.82, 2.24) is 29.4 Å². The fourth-order valence-electron chi connectivity index (χ4n) is 4.93. The minimum absolute atomic E-state index is 0.0389. The Morgan fingerprint density at radius 2 is 1.89 bits per heavy atom. The summed E-state index contributed by atoms with van der Waals surface area (Å²) >= 11 is 0. The van der Waals surface area contributed by atoms with Crippen molar-refractivity contribution in [3.8, 4) is 0 Å². The second-order valence-corrected chi connectivity index (χ2v) is 9.09. The Balaban J connectivity index is 1.27. The average Bonchev–Trinajstić information content (AvgIpc) is 3.33. The molecule has 2 fully saturated rings. The fourth-order valence-corrected chi connectivity index (χ4v) is 4.93. The number of piperazine rings is 1. The van der Waals surface area contributed by atoms with E-state index >= 15 is 0 Å². The first-order valence-corrected chi connectivity index (χ1v) is 12.2. The summed E-state index contributed by atoms with van der Waals surface area (Å²) < 4.78 is 1.84. The van der Waals surface area contributed by atoms with Gasteiger partial charge in [-0.1, -0.05) is 6.58 Å². The number of carbonyl (C=O) groups is 1. The molecule has 10 nitrogen and oxygen atoms in total. The molecule has 0 radical (unpaired) electrons. The Kier molecular flexibility index (Phi) is 6.91. The number of hydrogen-bond donors (Lipinski definition) is 2. The van der Waals surface area contributed by atoms with Crippen LogP contribution >= 0.6 is 0 Å². The Labute approximate surface area is 204 Å². The largest absolute Gasteiger partial charge is 0.395 e. The zero-order valence-corrected chi connectivity index (χ0v) is 19.9. The van der Waals surface area contributed by atoms with E-state index in [1.165, 1.54) is 11.8 Å². The summed E-state index contributed by atoms with van der Waals surface area (Å²) in [6.07, 6.45) is 6.81. The first kappa shape index (κ1) is 23.3. The van der Waals surface area contributed by atoms with Crippen LogP contribution in [0.15, 0.2) is 49.3 Å². The molecule has 2 N–H and O–H groups in total. The van der Waals surface area contributed by atoms with E-state index in [0.29, 0.717) is 12.5 Å². The summed E-state index contributed by atoms with van der Waals surface area (Å²) in [6, 6.07) is 8.30. The van der Waals surface area contributed by atoms with Crippen LogP contribution in [0.4, 0.5) is 17.3 Å². The number of nitrogens with one attached hydrogen (secondary N) is 1. The number of β-amino-alcohol motifs (C(OH)–C–C–N with tert-alkyl or cyclic N) is 1. The molecule has 0 aliphatic carbocycles. The maximum Gasteiger partial charge on any atom is 0.245 e. The lowest BCUT2D eigenvalue weighted by molar-refractivity contribution is -0.127. The number of carbonyl (C=O) groups excluding carboxylic acids is 1. The molecule has 4 heterocycles. The van der Waals surface area contributed by atoms with E-state index in [1.54, 1.807) is 12.4 Å². The van der Waals surface area contributed by atoms with Crippen molar-refractivity contribution in [2.75, 3.05) is 62.6 Å². The van der Waals surface area contributed by atoms with Gasteiger partial charge in [0.2, 0.25) is 11.9 Å². The van der Waals surface area contributed by atoms with Gasteiger partial charge >= 0.3 is 0 Å². The number of aliphatic hydroxyl groups excluding tert-OH is 1. The molecule has 2 aliphatic heterocycles. The van der Waals surface area contributed by atoms with Crippen molar-refractivity contribution in [3.63, 3.8) is 0 Å². The zero-order valence-electron chi connectivity index (χ0n) is 19.9. The van der Waals surface area contributed by atoms with Crippen LogP contribution in [0.3, 0.4) is 0 Å². The Hall–Kier alpha value is -3.50. The van der Waals surface area contributed by atoms with Gasteiger partial charge in [0.25, 0.3) is 0 Å². The molecule has 1 unspecified atom stereocenters. The lowest BCUT2D eigenvalue weighted by Gasteiger charge is -2.35. The number of rotatable bonds is 7. The maximum atomic E-state index is 12.1. The van der Waals surface area contributed by atoms with Crippen LogP contribution in [-0.2, 0) is 4.79 Å². The number of nitrogens with zero attached hydrogens (tertiary/aromatic N) is 7. The van der Waals surface area contributed by atoms with E-state index in [1.807, 2.05) is 21.5 Å². The van der Waals surface area contributed by atoms with Crippen molar-refractivity contribution >= 4 is 28.7 Å². The molecule has 0 spiro atoms. The summed E-state index contributed by atoms with van der Waals surface area (Å²) in [7, 11) is 0. The molecule has 0 bridgehead atoms. The fraction of sp³-hybridized carbons (Fsp3) is 0.440. The van der Waals surface area contributed by atoms with Crippen LogP contribution in [0.25, 0.3) is 5.52 Å². The molecule has 5 rings (SSSR count). The first-order valence-electron chi connectivity index (χ1n) is 12.2. The Morgan fingerprint density at radius 1 is 1.11 bits per heavy atom. The van der Waals surface area contributed by atoms with Gasteiger partial charge in [0.1, 0.15) is 11.3 Å². The van der Waals surface area contributed by atoms with E-state index in [0.717, 1.165) is 69.1 Å². The summed E-state index contributed by atoms with van der Waals surface area (Å²) in [5.41, 5.74) is 2.92. The highest BCUT2D eigenvalue weighted by molar-refractivity contribution is 5.87. The molecule has 0 saturated carbocycles. The molecule has 1 aromatic carbocycles. The van der Waals surface area contributed by atoms with Gasteiger partial charge < -0.3 is 20.2 Å². The SMILES string of the molecule is C=CC(=O)N1CCCC(c2ncc3cnc(Nc4ccc(N5CCN(CCO)CC5)cc4)nn23)C1. The molecule has 10 heteroatoms. The highest BCUT2D eigenvalue weighted by atomic mass is 16.3. The maximum absolute atomic E-state index is 12.1. The number of likely N-dealkylation sites (tertiary alicyclic amines) is 1. The molecule has 35 heavy (non-hydrogen) atoms. The number of hydrogen-bond acceptors (Lipinski definition) is 8. The molecule has 2 aromatic heterocycles. The number of anilines is 3. The lowest BCUT2D eigenvalue weighted by Crippen LogP contribution is -2.47. The van der Waals surface area contributed by atoms with Crippen LogP contribution in [-0.4, -0.2) is 92.8 Å². The monoisotopic (exact) mass is 476 g/mol. The third-order valence-electron chi connectivity index (χ3n) is 6.85. The number of aliphatic hydroxyl groups is 1. The standard InChI is InChI=1S/C25H32N8O2/c1-2-23(35)32-9-3-4-19(18-32)24-26-16-22-17-27-25(29-33(22)24)28-20-5-7-21(8-6-20)31-12-10-30(11-13-31)14-15-34/h2,5-8,16-17,19,34H,1,3-4,9-15,18H2,(H,28,29). The topological polar surface area (TPSA) is 102 Å². The molecule has 3 aromatic rings. The molecule has 2 aliphatic rings. The zero-order chi connectivity index (χ0) is 24.2. The molecular weight excluding hydrogens is 444 g/mol. The molecular formula is C25H32N8O2. The summed E-state index contributed by atoms with van der Waals surface area (Å²) in [5.74, 6) is 1.43. The van der Waals surface area contributed by atoms with Gasteiger partial charge in [0.15, 0.2) is 0 Å². The number of piperidine rings is 1. The van der Waals surface area contributed by atoms with Crippen molar-refractivity contribution in [2.24, 2.45) is 0 Å². The molecule has 1 atom stereocenters. The lowest BCUT2D eigenvalue weighted by atomic mass is 9.97. The predicted molar refractivity (Wildman–Crippen MR) is 135 cm³/mol. The van der Waals surface area contributed by atoms with E-state index in [9.17, 15) is 4.79 Å². The third-order valence-corrected chi connectivity index (χ3v) is 6.85. The van der Waals surface area contributed by atoms with E-state index in [4.69, 9.17) is 10.2 Å². The minimum atomic E-state index is -0.0389. The van der Waals surface area contributed by atoms with Gasteiger partial charge in [-0.3, -0.25) is 9.69 Å². The van der Waals surface area contributed by atoms with Gasteiger partial charge in [-0.2, -0.15) is 0 Å². The Bertz CT molecular complexity index is 1170. The molecule has 184 valence electrons. The normalized spacial score (nSPS) is 19.2. The number of fused-ring (bicyclic) bond motifs is 1. The summed E-state index contributed by atoms with van der Waals surface area (Å²) in [6.45, 7) is 9.76. The molecule has 1 amide bonds. The van der Waals surface area contributed by atoms with Gasteiger partial charge in [0.05, 0.1) is 19.0 Å². The minimum Gasteiger partial charge on any atom is -0.395 e. The van der Waals surface area contributed by atoms with Gasteiger partial charge in [-0.15, -0.1) is 5.10 Å². The summed E-state index contributed by atoms with van der Waals surface area (Å²) in [5, 5.41) is 17.1. The van der Waals surface area contributed by atoms with Crippen LogP contribution < -0.4 is 10.2 Å². The van der Waals surface area contributed by atoms with E-state index in [-0.39, 0.29) is 18.4 Å². The van der Waals surface area contributed by atoms with Crippen molar-refractivity contribution in [1.29, 1.82) is 0 Å². The average molecular weight is 477 g/mol. The van der Waals surface area contributed by atoms with Gasteiger partial charge in [-0.05, 0) is 43.2 Å². The third kappa shape index (κ3) is 5.13. The highest BCUT2D eigenvalue weighted by Gasteiger charge is 2.27. The van der Waals surface area contributed by atoms with Crippen LogP contribution in [0.1, 0.15) is 24.6 Å². The molecule has 2 saturated heterocycles. The van der Waals surface area contributed by atoms with Crippen molar-refractivity contribution in [2.45, 2.75) is 18.8 Å². The van der Waals surface area contributed by atoms with Gasteiger partial charge in [0, 0.05) is 63.1 Å². The smallest absolute Gasteiger partial charge is 0.245 e. The number of amides is 1. The van der Waals surface area contributed by atoms with Crippen molar-refractivity contribution in [3.05, 3.63) is 55.1 Å². The van der Waals surface area contributed by atoms with E-state index < -0.39 is 0 Å². The second kappa shape index (κ2) is 10.4. The Morgan fingerprint density at radius 3 is 2.63 bits per heavy atom. The number of aromatic nitrogens is 4. The van der Waals surface area contributed by atoms with Crippen LogP contribution in [0, 0.1) is 0 Å². The highest BCUT2D eigenvalue weighted by Crippen LogP contribution is 2.27. The predicted octanol–water partition coefficient (Wildman–Crippen LogP) is 1.87.